The van der Waals surface area contributed by atoms with Gasteiger partial charge in [0.15, 0.2) is 0 Å². The number of nitrogens with zero attached hydrogens (tertiary/aromatic N) is 4. The first-order chi connectivity index (χ1) is 13.3. The Bertz CT molecular complexity index is 963. The van der Waals surface area contributed by atoms with E-state index in [2.05, 4.69) is 22.2 Å². The Hall–Kier alpha value is -3.09. The molecule has 148 valence electrons. The molecule has 0 spiro atoms. The van der Waals surface area contributed by atoms with Gasteiger partial charge in [-0.05, 0) is 44.9 Å². The van der Waals surface area contributed by atoms with Gasteiger partial charge in [-0.25, -0.2) is 9.31 Å². The summed E-state index contributed by atoms with van der Waals surface area (Å²) in [7, 11) is 1.71. The summed E-state index contributed by atoms with van der Waals surface area (Å²) in [5, 5.41) is 4.39. The first-order valence-corrected chi connectivity index (χ1v) is 9.31. The molecule has 0 atom stereocenters. The van der Waals surface area contributed by atoms with Crippen molar-refractivity contribution in [3.8, 4) is 0 Å². The van der Waals surface area contributed by atoms with Crippen molar-refractivity contribution in [2.24, 2.45) is 10.7 Å². The van der Waals surface area contributed by atoms with Crippen molar-refractivity contribution in [1.29, 1.82) is 0 Å². The monoisotopic (exact) mass is 381 g/mol. The van der Waals surface area contributed by atoms with Gasteiger partial charge in [-0.15, -0.1) is 0 Å². The van der Waals surface area contributed by atoms with Crippen molar-refractivity contribution < 1.29 is 9.53 Å². The number of ether oxygens (including phenoxy) is 1. The lowest BCUT2D eigenvalue weighted by Gasteiger charge is -2.29. The van der Waals surface area contributed by atoms with Gasteiger partial charge in [0.1, 0.15) is 5.60 Å². The highest BCUT2D eigenvalue weighted by Gasteiger charge is 2.24. The van der Waals surface area contributed by atoms with Crippen LogP contribution in [0.25, 0.3) is 16.7 Å². The van der Waals surface area contributed by atoms with E-state index in [0.29, 0.717) is 13.1 Å². The van der Waals surface area contributed by atoms with Crippen LogP contribution in [0.3, 0.4) is 0 Å². The second kappa shape index (κ2) is 7.88. The second-order valence-corrected chi connectivity index (χ2v) is 7.72. The highest BCUT2D eigenvalue weighted by Crippen LogP contribution is 2.29. The van der Waals surface area contributed by atoms with Crippen LogP contribution in [0, 0.1) is 0 Å². The molecule has 7 nitrogen and oxygen atoms in total. The molecule has 0 saturated carbocycles. The first-order valence-electron chi connectivity index (χ1n) is 9.31. The van der Waals surface area contributed by atoms with Gasteiger partial charge in [-0.2, -0.15) is 5.10 Å². The van der Waals surface area contributed by atoms with Crippen LogP contribution < -0.4 is 5.73 Å². The van der Waals surface area contributed by atoms with Gasteiger partial charge in [0, 0.05) is 61.6 Å². The molecule has 3 rings (SSSR count). The third kappa shape index (κ3) is 4.24. The van der Waals surface area contributed by atoms with Gasteiger partial charge >= 0.3 is 6.09 Å². The van der Waals surface area contributed by atoms with Crippen molar-refractivity contribution in [1.82, 2.24) is 14.5 Å². The molecule has 7 heteroatoms. The Kier molecular flexibility index (Phi) is 5.53. The number of fused-ring (bicyclic) bond motifs is 1. The molecule has 28 heavy (non-hydrogen) atoms. The molecule has 0 saturated heterocycles. The SMILES string of the molecule is CN=CC(=CN)c1cc(C2=CCN(C(=O)OC(C)(C)C)CC2)c2ccnn2c1. The van der Waals surface area contributed by atoms with Crippen LogP contribution >= 0.6 is 0 Å². The minimum Gasteiger partial charge on any atom is -0.444 e. The molecular weight excluding hydrogens is 354 g/mol. The summed E-state index contributed by atoms with van der Waals surface area (Å²) in [6, 6.07) is 4.09. The van der Waals surface area contributed by atoms with Crippen LogP contribution in [-0.2, 0) is 4.74 Å². The van der Waals surface area contributed by atoms with Gasteiger partial charge in [0.2, 0.25) is 0 Å². The van der Waals surface area contributed by atoms with Crippen LogP contribution in [0.4, 0.5) is 4.79 Å². The maximum Gasteiger partial charge on any atom is 0.410 e. The number of hydrogen-bond donors (Lipinski definition) is 1. The van der Waals surface area contributed by atoms with E-state index in [1.54, 1.807) is 30.6 Å². The van der Waals surface area contributed by atoms with Crippen LogP contribution in [0.5, 0.6) is 0 Å². The standard InChI is InChI=1S/C21H27N5O2/c1-21(2,3)28-20(27)25-9-6-15(7-10-25)18-11-16(17(12-22)13-23-4)14-26-19(18)5-8-24-26/h5-6,8,11-14H,7,9-10,22H2,1-4H3. The van der Waals surface area contributed by atoms with Gasteiger partial charge in [-0.3, -0.25) is 4.99 Å². The van der Waals surface area contributed by atoms with E-state index < -0.39 is 5.60 Å². The predicted octanol–water partition coefficient (Wildman–Crippen LogP) is 3.36. The molecule has 0 aliphatic carbocycles. The molecule has 1 aliphatic heterocycles. The number of hydrogen-bond acceptors (Lipinski definition) is 5. The fourth-order valence-corrected chi connectivity index (χ4v) is 3.20. The predicted molar refractivity (Wildman–Crippen MR) is 112 cm³/mol. The van der Waals surface area contributed by atoms with E-state index in [-0.39, 0.29) is 6.09 Å². The molecule has 2 aromatic heterocycles. The maximum atomic E-state index is 12.3. The van der Waals surface area contributed by atoms with Crippen molar-refractivity contribution in [3.63, 3.8) is 0 Å². The number of carbonyl (C=O) groups is 1. The number of carbonyl (C=O) groups excluding carboxylic acids is 1. The first kappa shape index (κ1) is 19.7. The molecule has 0 unspecified atom stereocenters. The smallest absolute Gasteiger partial charge is 0.410 e. The van der Waals surface area contributed by atoms with Crippen LogP contribution in [0.15, 0.2) is 41.8 Å². The summed E-state index contributed by atoms with van der Waals surface area (Å²) in [4.78, 5) is 18.1. The molecule has 0 radical (unpaired) electrons. The fraction of sp³-hybridized carbons (Fsp3) is 0.381. The number of pyridine rings is 1. The molecule has 0 aromatic carbocycles. The van der Waals surface area contributed by atoms with Crippen LogP contribution in [0.2, 0.25) is 0 Å². The van der Waals surface area contributed by atoms with Crippen molar-refractivity contribution in [2.45, 2.75) is 32.8 Å². The lowest BCUT2D eigenvalue weighted by atomic mass is 9.96. The van der Waals surface area contributed by atoms with E-state index in [1.165, 1.54) is 5.57 Å². The molecule has 0 fully saturated rings. The zero-order chi connectivity index (χ0) is 20.3. The minimum atomic E-state index is -0.495. The highest BCUT2D eigenvalue weighted by molar-refractivity contribution is 6.09. The molecular formula is C21H27N5O2. The summed E-state index contributed by atoms with van der Waals surface area (Å²) in [5.74, 6) is 0. The topological polar surface area (TPSA) is 85.2 Å². The van der Waals surface area contributed by atoms with E-state index in [0.717, 1.165) is 28.6 Å². The van der Waals surface area contributed by atoms with Crippen molar-refractivity contribution in [2.75, 3.05) is 20.1 Å². The van der Waals surface area contributed by atoms with Crippen molar-refractivity contribution >= 4 is 29.0 Å². The normalized spacial score (nSPS) is 15.9. The number of rotatable bonds is 3. The molecule has 2 N–H and O–H groups in total. The quantitative estimate of drug-likeness (QED) is 0.826. The highest BCUT2D eigenvalue weighted by atomic mass is 16.6. The maximum absolute atomic E-state index is 12.3. The number of aliphatic imine (C=N–C) groups is 1. The van der Waals surface area contributed by atoms with Gasteiger partial charge in [0.05, 0.1) is 5.52 Å². The summed E-state index contributed by atoms with van der Waals surface area (Å²) in [6.07, 6.45) is 9.54. The fourth-order valence-electron chi connectivity index (χ4n) is 3.20. The minimum absolute atomic E-state index is 0.279. The average Bonchev–Trinajstić information content (AvgIpc) is 3.12. The summed E-state index contributed by atoms with van der Waals surface area (Å²) >= 11 is 0. The Morgan fingerprint density at radius 2 is 2.18 bits per heavy atom. The number of amides is 1. The Balaban J connectivity index is 1.92. The van der Waals surface area contributed by atoms with Gasteiger partial charge in [0.25, 0.3) is 0 Å². The average molecular weight is 381 g/mol. The van der Waals surface area contributed by atoms with Crippen molar-refractivity contribution in [3.05, 3.63) is 47.9 Å². The third-order valence-electron chi connectivity index (χ3n) is 4.50. The molecule has 0 bridgehead atoms. The number of nitrogens with two attached hydrogens (primary N) is 1. The Labute approximate surface area is 165 Å². The van der Waals surface area contributed by atoms with Gasteiger partial charge in [-0.1, -0.05) is 6.08 Å². The summed E-state index contributed by atoms with van der Waals surface area (Å²) < 4.78 is 7.32. The Morgan fingerprint density at radius 3 is 2.79 bits per heavy atom. The van der Waals surface area contributed by atoms with E-state index >= 15 is 0 Å². The van der Waals surface area contributed by atoms with Crippen LogP contribution in [0.1, 0.15) is 38.3 Å². The van der Waals surface area contributed by atoms with E-state index in [1.807, 2.05) is 37.5 Å². The lowest BCUT2D eigenvalue weighted by Crippen LogP contribution is -2.39. The number of aromatic nitrogens is 2. The summed E-state index contributed by atoms with van der Waals surface area (Å²) in [5.41, 5.74) is 10.3. The summed E-state index contributed by atoms with van der Waals surface area (Å²) in [6.45, 7) is 6.76. The van der Waals surface area contributed by atoms with E-state index in [9.17, 15) is 4.79 Å². The molecule has 1 amide bonds. The molecule has 1 aliphatic rings. The zero-order valence-electron chi connectivity index (χ0n) is 16.8. The van der Waals surface area contributed by atoms with E-state index in [4.69, 9.17) is 10.5 Å². The molecule has 3 heterocycles. The number of allylic oxidation sites excluding steroid dienone is 1. The molecule has 2 aromatic rings. The largest absolute Gasteiger partial charge is 0.444 e. The second-order valence-electron chi connectivity index (χ2n) is 7.72. The zero-order valence-corrected chi connectivity index (χ0v) is 16.8. The Morgan fingerprint density at radius 1 is 1.39 bits per heavy atom. The third-order valence-corrected chi connectivity index (χ3v) is 4.50. The van der Waals surface area contributed by atoms with Crippen LogP contribution in [-0.4, -0.2) is 52.6 Å². The van der Waals surface area contributed by atoms with Gasteiger partial charge < -0.3 is 15.4 Å². The lowest BCUT2D eigenvalue weighted by molar-refractivity contribution is 0.0270.